The first-order valence-corrected chi connectivity index (χ1v) is 6.99. The Morgan fingerprint density at radius 1 is 1.30 bits per heavy atom. The van der Waals surface area contributed by atoms with Gasteiger partial charge < -0.3 is 10.6 Å². The van der Waals surface area contributed by atoms with E-state index in [1.165, 1.54) is 6.07 Å². The zero-order valence-electron chi connectivity index (χ0n) is 11.2. The summed E-state index contributed by atoms with van der Waals surface area (Å²) in [6.45, 7) is 1.50. The maximum atomic E-state index is 13.7. The summed E-state index contributed by atoms with van der Waals surface area (Å²) >= 11 is 0. The fourth-order valence-corrected chi connectivity index (χ4v) is 3.60. The molecule has 20 heavy (non-hydrogen) atoms. The van der Waals surface area contributed by atoms with Crippen LogP contribution in [0.5, 0.6) is 0 Å². The molecule has 0 radical (unpaired) electrons. The number of hydrogen-bond acceptors (Lipinski definition) is 4. The lowest BCUT2D eigenvalue weighted by Gasteiger charge is -2.27. The third-order valence-electron chi connectivity index (χ3n) is 4.58. The van der Waals surface area contributed by atoms with E-state index in [2.05, 4.69) is 0 Å². The molecule has 6 heteroatoms. The molecule has 0 spiro atoms. The SMILES string of the molecule is NC1CC[C@@H]2CN(c3cccc(F)c3[N+](=O)[O-])C[C@@H]2C1. The highest BCUT2D eigenvalue weighted by molar-refractivity contribution is 5.64. The van der Waals surface area contributed by atoms with E-state index < -0.39 is 16.4 Å². The lowest BCUT2D eigenvalue weighted by Crippen LogP contribution is -2.32. The Morgan fingerprint density at radius 3 is 2.80 bits per heavy atom. The van der Waals surface area contributed by atoms with E-state index in [4.69, 9.17) is 5.73 Å². The van der Waals surface area contributed by atoms with Crippen LogP contribution in [0.2, 0.25) is 0 Å². The highest BCUT2D eigenvalue weighted by Crippen LogP contribution is 2.40. The minimum atomic E-state index is -0.765. The first-order valence-electron chi connectivity index (χ1n) is 6.99. The summed E-state index contributed by atoms with van der Waals surface area (Å²) in [6, 6.07) is 4.54. The van der Waals surface area contributed by atoms with Gasteiger partial charge in [0, 0.05) is 19.1 Å². The Balaban J connectivity index is 1.88. The van der Waals surface area contributed by atoms with E-state index in [9.17, 15) is 14.5 Å². The maximum Gasteiger partial charge on any atom is 0.327 e. The van der Waals surface area contributed by atoms with Crippen molar-refractivity contribution >= 4 is 11.4 Å². The van der Waals surface area contributed by atoms with Gasteiger partial charge in [0.15, 0.2) is 0 Å². The molecule has 108 valence electrons. The van der Waals surface area contributed by atoms with Gasteiger partial charge in [-0.25, -0.2) is 0 Å². The molecular weight excluding hydrogens is 261 g/mol. The Morgan fingerprint density at radius 2 is 2.05 bits per heavy atom. The number of nitrogens with two attached hydrogens (primary N) is 1. The Labute approximate surface area is 116 Å². The highest BCUT2D eigenvalue weighted by atomic mass is 19.1. The molecule has 1 aliphatic carbocycles. The quantitative estimate of drug-likeness (QED) is 0.666. The molecular formula is C14H18FN3O2. The maximum absolute atomic E-state index is 13.7. The van der Waals surface area contributed by atoms with Crippen molar-refractivity contribution in [2.24, 2.45) is 17.6 Å². The second kappa shape index (κ2) is 5.01. The number of nitro groups is 1. The van der Waals surface area contributed by atoms with Crippen LogP contribution in [0.15, 0.2) is 18.2 Å². The third kappa shape index (κ3) is 2.24. The lowest BCUT2D eigenvalue weighted by molar-refractivity contribution is -0.386. The van der Waals surface area contributed by atoms with Gasteiger partial charge in [0.25, 0.3) is 0 Å². The largest absolute Gasteiger partial charge is 0.365 e. The zero-order chi connectivity index (χ0) is 14.3. The molecule has 1 saturated heterocycles. The van der Waals surface area contributed by atoms with Crippen LogP contribution < -0.4 is 10.6 Å². The molecule has 3 rings (SSSR count). The predicted octanol–water partition coefficient (Wildman–Crippen LogP) is 2.30. The van der Waals surface area contributed by atoms with Crippen molar-refractivity contribution in [3.05, 3.63) is 34.1 Å². The normalized spacial score (nSPS) is 29.3. The van der Waals surface area contributed by atoms with Crippen molar-refractivity contribution in [3.8, 4) is 0 Å². The van der Waals surface area contributed by atoms with E-state index >= 15 is 0 Å². The summed E-state index contributed by atoms with van der Waals surface area (Å²) in [5, 5.41) is 11.1. The van der Waals surface area contributed by atoms with E-state index in [-0.39, 0.29) is 6.04 Å². The van der Waals surface area contributed by atoms with E-state index in [1.807, 2.05) is 4.90 Å². The van der Waals surface area contributed by atoms with Crippen LogP contribution in [0.4, 0.5) is 15.8 Å². The number of nitro benzene ring substituents is 1. The molecule has 1 aliphatic heterocycles. The van der Waals surface area contributed by atoms with Crippen LogP contribution in [0, 0.1) is 27.8 Å². The fourth-order valence-electron chi connectivity index (χ4n) is 3.60. The van der Waals surface area contributed by atoms with Gasteiger partial charge in [-0.15, -0.1) is 0 Å². The van der Waals surface area contributed by atoms with Gasteiger partial charge in [0.05, 0.1) is 4.92 Å². The number of fused-ring (bicyclic) bond motifs is 1. The number of nitrogens with zero attached hydrogens (tertiary/aromatic N) is 2. The first kappa shape index (κ1) is 13.3. The molecule has 1 heterocycles. The number of rotatable bonds is 2. The molecule has 1 unspecified atom stereocenters. The van der Waals surface area contributed by atoms with Crippen molar-refractivity contribution in [2.45, 2.75) is 25.3 Å². The first-order chi connectivity index (χ1) is 9.56. The summed E-state index contributed by atoms with van der Waals surface area (Å²) in [4.78, 5) is 12.4. The minimum Gasteiger partial charge on any atom is -0.365 e. The van der Waals surface area contributed by atoms with Gasteiger partial charge in [-0.2, -0.15) is 4.39 Å². The number of para-hydroxylation sites is 1. The van der Waals surface area contributed by atoms with Crippen LogP contribution in [-0.4, -0.2) is 24.1 Å². The minimum absolute atomic E-state index is 0.235. The average Bonchev–Trinajstić information content (AvgIpc) is 2.80. The molecule has 2 fully saturated rings. The summed E-state index contributed by atoms with van der Waals surface area (Å²) < 4.78 is 13.7. The number of benzene rings is 1. The Kier molecular flexibility index (Phi) is 3.33. The van der Waals surface area contributed by atoms with Gasteiger partial charge in [0.2, 0.25) is 5.82 Å². The third-order valence-corrected chi connectivity index (χ3v) is 4.58. The van der Waals surface area contributed by atoms with Crippen molar-refractivity contribution in [1.29, 1.82) is 0 Å². The van der Waals surface area contributed by atoms with E-state index in [0.717, 1.165) is 38.4 Å². The standard InChI is InChI=1S/C14H18FN3O2/c15-12-2-1-3-13(14(12)18(19)20)17-7-9-4-5-11(16)6-10(9)8-17/h1-3,9-11H,4-8,16H2/t9-,10+,11?/m1/s1. The fraction of sp³-hybridized carbons (Fsp3) is 0.571. The van der Waals surface area contributed by atoms with Crippen molar-refractivity contribution in [2.75, 3.05) is 18.0 Å². The van der Waals surface area contributed by atoms with Crippen LogP contribution >= 0.6 is 0 Å². The second-order valence-electron chi connectivity index (χ2n) is 5.86. The summed E-state index contributed by atoms with van der Waals surface area (Å²) in [7, 11) is 0. The van der Waals surface area contributed by atoms with E-state index in [0.29, 0.717) is 17.5 Å². The van der Waals surface area contributed by atoms with Gasteiger partial charge in [-0.3, -0.25) is 10.1 Å². The molecule has 3 atom stereocenters. The van der Waals surface area contributed by atoms with Crippen molar-refractivity contribution in [1.82, 2.24) is 0 Å². The zero-order valence-corrected chi connectivity index (χ0v) is 11.2. The van der Waals surface area contributed by atoms with Crippen LogP contribution in [0.25, 0.3) is 0 Å². The van der Waals surface area contributed by atoms with E-state index in [1.54, 1.807) is 6.07 Å². The molecule has 2 N–H and O–H groups in total. The van der Waals surface area contributed by atoms with Gasteiger partial charge >= 0.3 is 5.69 Å². The smallest absolute Gasteiger partial charge is 0.327 e. The molecule has 0 bridgehead atoms. The van der Waals surface area contributed by atoms with Crippen molar-refractivity contribution in [3.63, 3.8) is 0 Å². The van der Waals surface area contributed by atoms with Gasteiger partial charge in [0.1, 0.15) is 5.69 Å². The van der Waals surface area contributed by atoms with Gasteiger partial charge in [-0.1, -0.05) is 6.07 Å². The van der Waals surface area contributed by atoms with Crippen LogP contribution in [0.3, 0.4) is 0 Å². The summed E-state index contributed by atoms with van der Waals surface area (Å²) in [5.74, 6) is 0.235. The molecule has 5 nitrogen and oxygen atoms in total. The topological polar surface area (TPSA) is 72.4 Å². The number of hydrogen-bond donors (Lipinski definition) is 1. The molecule has 0 aromatic heterocycles. The van der Waals surface area contributed by atoms with Crippen LogP contribution in [-0.2, 0) is 0 Å². The molecule has 2 aliphatic rings. The molecule has 1 aromatic rings. The monoisotopic (exact) mass is 279 g/mol. The van der Waals surface area contributed by atoms with Crippen LogP contribution in [0.1, 0.15) is 19.3 Å². The highest BCUT2D eigenvalue weighted by Gasteiger charge is 2.39. The number of halogens is 1. The second-order valence-corrected chi connectivity index (χ2v) is 5.86. The Hall–Kier alpha value is -1.69. The molecule has 1 aromatic carbocycles. The lowest BCUT2D eigenvalue weighted by atomic mass is 9.79. The summed E-state index contributed by atoms with van der Waals surface area (Å²) in [5.41, 5.74) is 5.98. The molecule has 0 amide bonds. The Bertz CT molecular complexity index is 537. The molecule has 1 saturated carbocycles. The average molecular weight is 279 g/mol. The number of anilines is 1. The van der Waals surface area contributed by atoms with Gasteiger partial charge in [-0.05, 0) is 43.2 Å². The summed E-state index contributed by atoms with van der Waals surface area (Å²) in [6.07, 6.45) is 3.04. The predicted molar refractivity (Wildman–Crippen MR) is 74.1 cm³/mol. The van der Waals surface area contributed by atoms with Crippen molar-refractivity contribution < 1.29 is 9.31 Å².